The molecule has 0 saturated carbocycles. The summed E-state index contributed by atoms with van der Waals surface area (Å²) in [7, 11) is 1.44. The summed E-state index contributed by atoms with van der Waals surface area (Å²) in [6, 6.07) is 33.1. The number of carbonyl (C=O) groups excluding carboxylic acids is 1. The van der Waals surface area contributed by atoms with E-state index in [0.29, 0.717) is 5.92 Å². The van der Waals surface area contributed by atoms with Gasteiger partial charge in [0.15, 0.2) is 5.54 Å². The van der Waals surface area contributed by atoms with Crippen molar-refractivity contribution in [2.24, 2.45) is 4.99 Å². The molecule has 36 heavy (non-hydrogen) atoms. The molecule has 3 heteroatoms. The third-order valence-corrected chi connectivity index (χ3v) is 7.48. The molecule has 4 aromatic rings. The fourth-order valence-electron chi connectivity index (χ4n) is 4.64. The normalized spacial score (nSPS) is 13.3. The summed E-state index contributed by atoms with van der Waals surface area (Å²) in [5.41, 5.74) is 3.16. The Morgan fingerprint density at radius 3 is 1.81 bits per heavy atom. The summed E-state index contributed by atoms with van der Waals surface area (Å²) in [5.74, 6) is 0.101. The first-order chi connectivity index (χ1) is 17.2. The van der Waals surface area contributed by atoms with E-state index in [1.807, 2.05) is 67.6 Å². The van der Waals surface area contributed by atoms with Gasteiger partial charge in [0.05, 0.1) is 12.8 Å². The van der Waals surface area contributed by atoms with Crippen molar-refractivity contribution >= 4 is 22.5 Å². The van der Waals surface area contributed by atoms with Crippen molar-refractivity contribution < 1.29 is 9.53 Å². The predicted molar refractivity (Wildman–Crippen MR) is 150 cm³/mol. The number of hydrogen-bond donors (Lipinski definition) is 0. The van der Waals surface area contributed by atoms with Crippen LogP contribution >= 0.6 is 0 Å². The van der Waals surface area contributed by atoms with Gasteiger partial charge in [0, 0.05) is 16.5 Å². The van der Waals surface area contributed by atoms with E-state index in [-0.39, 0.29) is 5.97 Å². The molecule has 4 rings (SSSR count). The van der Waals surface area contributed by atoms with Gasteiger partial charge in [-0.3, -0.25) is 4.99 Å². The number of carbonyl (C=O) groups is 1. The third kappa shape index (κ3) is 4.70. The van der Waals surface area contributed by atoms with E-state index in [1.165, 1.54) is 18.1 Å². The maximum Gasteiger partial charge on any atom is 0.334 e. The topological polar surface area (TPSA) is 38.7 Å². The standard InChI is InChI=1S/C33H35NO2/c1-23(2)26-17-18-28-22-29(20-19-27(28)21-26)32(3,4)33(5,31(35)36-6)34-30(24-13-9-7-10-14-24)25-15-11-8-12-16-25/h7-23H,1-6H3. The minimum atomic E-state index is -1.19. The lowest BCUT2D eigenvalue weighted by atomic mass is 9.68. The van der Waals surface area contributed by atoms with Gasteiger partial charge in [-0.15, -0.1) is 0 Å². The van der Waals surface area contributed by atoms with Gasteiger partial charge in [-0.05, 0) is 34.7 Å². The quantitative estimate of drug-likeness (QED) is 0.202. The molecule has 4 aromatic carbocycles. The SMILES string of the molecule is COC(=O)C(C)(N=C(c1ccccc1)c1ccccc1)C(C)(C)c1ccc2cc(C(C)C)ccc2c1. The minimum absolute atomic E-state index is 0.368. The maximum atomic E-state index is 13.5. The van der Waals surface area contributed by atoms with Crippen molar-refractivity contribution in [1.82, 2.24) is 0 Å². The monoisotopic (exact) mass is 477 g/mol. The molecule has 1 atom stereocenters. The van der Waals surface area contributed by atoms with Gasteiger partial charge in [-0.1, -0.05) is 125 Å². The molecule has 3 nitrogen and oxygen atoms in total. The number of ether oxygens (including phenoxy) is 1. The maximum absolute atomic E-state index is 13.5. The lowest BCUT2D eigenvalue weighted by Crippen LogP contribution is -2.51. The zero-order valence-electron chi connectivity index (χ0n) is 22.1. The molecular formula is C33H35NO2. The molecule has 0 saturated heterocycles. The molecule has 0 aliphatic heterocycles. The average molecular weight is 478 g/mol. The van der Waals surface area contributed by atoms with Gasteiger partial charge in [0.2, 0.25) is 0 Å². The highest BCUT2D eigenvalue weighted by molar-refractivity contribution is 6.14. The summed E-state index contributed by atoms with van der Waals surface area (Å²) in [6.07, 6.45) is 0. The van der Waals surface area contributed by atoms with Crippen molar-refractivity contribution in [3.05, 3.63) is 119 Å². The van der Waals surface area contributed by atoms with Crippen molar-refractivity contribution in [3.8, 4) is 0 Å². The second-order valence-electron chi connectivity index (χ2n) is 10.4. The van der Waals surface area contributed by atoms with E-state index in [4.69, 9.17) is 9.73 Å². The minimum Gasteiger partial charge on any atom is -0.467 e. The molecule has 0 spiro atoms. The highest BCUT2D eigenvalue weighted by Crippen LogP contribution is 2.41. The number of nitrogens with zero attached hydrogens (tertiary/aromatic N) is 1. The Balaban J connectivity index is 1.90. The van der Waals surface area contributed by atoms with Crippen LogP contribution in [-0.4, -0.2) is 24.3 Å². The van der Waals surface area contributed by atoms with Crippen LogP contribution in [0.25, 0.3) is 10.8 Å². The van der Waals surface area contributed by atoms with Crippen molar-refractivity contribution in [2.75, 3.05) is 7.11 Å². The smallest absolute Gasteiger partial charge is 0.334 e. The van der Waals surface area contributed by atoms with E-state index in [9.17, 15) is 4.79 Å². The van der Waals surface area contributed by atoms with E-state index in [2.05, 4.69) is 64.1 Å². The molecule has 0 N–H and O–H groups in total. The van der Waals surface area contributed by atoms with Gasteiger partial charge < -0.3 is 4.74 Å². The highest BCUT2D eigenvalue weighted by atomic mass is 16.5. The van der Waals surface area contributed by atoms with Gasteiger partial charge in [-0.25, -0.2) is 4.79 Å². The number of aliphatic imine (C=N–C) groups is 1. The fraction of sp³-hybridized carbons (Fsp3) is 0.273. The lowest BCUT2D eigenvalue weighted by molar-refractivity contribution is -0.148. The summed E-state index contributed by atoms with van der Waals surface area (Å²) < 4.78 is 5.38. The summed E-state index contributed by atoms with van der Waals surface area (Å²) in [4.78, 5) is 18.7. The molecule has 184 valence electrons. The van der Waals surface area contributed by atoms with Crippen LogP contribution < -0.4 is 0 Å². The Bertz CT molecular complexity index is 1350. The first-order valence-corrected chi connectivity index (χ1v) is 12.5. The molecule has 0 heterocycles. The Hall–Kier alpha value is -3.72. The van der Waals surface area contributed by atoms with Crippen LogP contribution in [0.3, 0.4) is 0 Å². The van der Waals surface area contributed by atoms with Crippen LogP contribution in [0.5, 0.6) is 0 Å². The number of rotatable bonds is 7. The molecule has 0 aliphatic carbocycles. The van der Waals surface area contributed by atoms with Crippen molar-refractivity contribution in [1.29, 1.82) is 0 Å². The fourth-order valence-corrected chi connectivity index (χ4v) is 4.64. The lowest BCUT2D eigenvalue weighted by Gasteiger charge is -2.40. The Labute approximate surface area is 214 Å². The molecule has 0 amide bonds. The third-order valence-electron chi connectivity index (χ3n) is 7.48. The van der Waals surface area contributed by atoms with Gasteiger partial charge in [0.25, 0.3) is 0 Å². The van der Waals surface area contributed by atoms with Gasteiger partial charge >= 0.3 is 5.97 Å². The van der Waals surface area contributed by atoms with Crippen LogP contribution in [0.1, 0.15) is 62.8 Å². The summed E-state index contributed by atoms with van der Waals surface area (Å²) in [6.45, 7) is 10.4. The van der Waals surface area contributed by atoms with Gasteiger partial charge in [-0.2, -0.15) is 0 Å². The van der Waals surface area contributed by atoms with Crippen molar-refractivity contribution in [2.45, 2.75) is 51.5 Å². The van der Waals surface area contributed by atoms with Crippen LogP contribution in [-0.2, 0) is 14.9 Å². The van der Waals surface area contributed by atoms with Crippen LogP contribution in [0.4, 0.5) is 0 Å². The Morgan fingerprint density at radius 2 is 1.28 bits per heavy atom. The second kappa shape index (κ2) is 10.1. The largest absolute Gasteiger partial charge is 0.467 e. The van der Waals surface area contributed by atoms with Crippen LogP contribution in [0.15, 0.2) is 102 Å². The van der Waals surface area contributed by atoms with E-state index < -0.39 is 11.0 Å². The number of fused-ring (bicyclic) bond motifs is 1. The molecule has 0 radical (unpaired) electrons. The Kier molecular flexibility index (Phi) is 7.12. The van der Waals surface area contributed by atoms with E-state index >= 15 is 0 Å². The molecule has 0 fully saturated rings. The number of hydrogen-bond acceptors (Lipinski definition) is 3. The molecular weight excluding hydrogens is 442 g/mol. The number of esters is 1. The molecule has 0 bridgehead atoms. The first-order valence-electron chi connectivity index (χ1n) is 12.5. The first kappa shape index (κ1) is 25.4. The summed E-state index contributed by atoms with van der Waals surface area (Å²) >= 11 is 0. The Morgan fingerprint density at radius 1 is 0.750 bits per heavy atom. The van der Waals surface area contributed by atoms with Crippen LogP contribution in [0.2, 0.25) is 0 Å². The summed E-state index contributed by atoms with van der Waals surface area (Å²) in [5, 5.41) is 2.34. The van der Waals surface area contributed by atoms with E-state index in [1.54, 1.807) is 0 Å². The molecule has 0 aliphatic rings. The molecule has 0 aromatic heterocycles. The zero-order chi connectivity index (χ0) is 25.9. The zero-order valence-corrected chi connectivity index (χ0v) is 22.1. The van der Waals surface area contributed by atoms with Gasteiger partial charge in [0.1, 0.15) is 0 Å². The highest BCUT2D eigenvalue weighted by Gasteiger charge is 2.50. The average Bonchev–Trinajstić information content (AvgIpc) is 2.91. The number of benzene rings is 4. The number of methoxy groups -OCH3 is 1. The predicted octanol–water partition coefficient (Wildman–Crippen LogP) is 7.71. The van der Waals surface area contributed by atoms with Crippen molar-refractivity contribution in [3.63, 3.8) is 0 Å². The molecule has 1 unspecified atom stereocenters. The van der Waals surface area contributed by atoms with E-state index in [0.717, 1.165) is 27.8 Å². The second-order valence-corrected chi connectivity index (χ2v) is 10.4. The van der Waals surface area contributed by atoms with Crippen LogP contribution in [0, 0.1) is 0 Å².